The van der Waals surface area contributed by atoms with Gasteiger partial charge in [0, 0.05) is 18.5 Å². The number of nitrogens with zero attached hydrogens (tertiary/aromatic N) is 1. The van der Waals surface area contributed by atoms with Crippen molar-refractivity contribution in [3.63, 3.8) is 0 Å². The Morgan fingerprint density at radius 1 is 1.30 bits per heavy atom. The normalized spacial score (nSPS) is 30.6. The number of carboxylic acids is 1. The number of carbonyl (C=O) groups excluding carboxylic acids is 1. The minimum atomic E-state index is -0.738. The molecule has 2 bridgehead atoms. The summed E-state index contributed by atoms with van der Waals surface area (Å²) >= 11 is 0. The van der Waals surface area contributed by atoms with Crippen LogP contribution in [0.4, 0.5) is 0 Å². The fourth-order valence-corrected chi connectivity index (χ4v) is 4.16. The minimum Gasteiger partial charge on any atom is -0.481 e. The lowest BCUT2D eigenvalue weighted by Crippen LogP contribution is -2.38. The van der Waals surface area contributed by atoms with Crippen LogP contribution in [-0.4, -0.2) is 34.0 Å². The zero-order valence-corrected chi connectivity index (χ0v) is 13.1. The van der Waals surface area contributed by atoms with Gasteiger partial charge in [0.15, 0.2) is 0 Å². The SMILES string of the molecule is CC(CC(=O)N1C2CCC1C(C(=O)O)C2)CC(C)(C)C. The molecular weight excluding hydrogens is 254 g/mol. The van der Waals surface area contributed by atoms with Gasteiger partial charge in [-0.25, -0.2) is 0 Å². The van der Waals surface area contributed by atoms with E-state index in [0.29, 0.717) is 18.8 Å². The molecule has 0 aliphatic carbocycles. The number of carbonyl (C=O) groups is 2. The molecule has 2 aliphatic rings. The molecule has 4 unspecified atom stereocenters. The summed E-state index contributed by atoms with van der Waals surface area (Å²) in [6.45, 7) is 8.69. The minimum absolute atomic E-state index is 0.0492. The number of hydrogen-bond acceptors (Lipinski definition) is 2. The second kappa shape index (κ2) is 5.38. The summed E-state index contributed by atoms with van der Waals surface area (Å²) in [4.78, 5) is 25.6. The topological polar surface area (TPSA) is 57.6 Å². The Morgan fingerprint density at radius 3 is 2.45 bits per heavy atom. The Balaban J connectivity index is 1.95. The van der Waals surface area contributed by atoms with E-state index in [2.05, 4.69) is 27.7 Å². The van der Waals surface area contributed by atoms with Crippen LogP contribution < -0.4 is 0 Å². The van der Waals surface area contributed by atoms with Crippen molar-refractivity contribution in [1.82, 2.24) is 4.90 Å². The van der Waals surface area contributed by atoms with Gasteiger partial charge in [0.05, 0.1) is 5.92 Å². The highest BCUT2D eigenvalue weighted by Crippen LogP contribution is 2.42. The molecule has 1 N–H and O–H groups in total. The van der Waals surface area contributed by atoms with Crippen molar-refractivity contribution in [2.45, 2.75) is 71.9 Å². The maximum atomic E-state index is 12.5. The number of hydrogen-bond donors (Lipinski definition) is 1. The van der Waals surface area contributed by atoms with Crippen LogP contribution in [-0.2, 0) is 9.59 Å². The highest BCUT2D eigenvalue weighted by molar-refractivity contribution is 5.80. The largest absolute Gasteiger partial charge is 0.481 e. The van der Waals surface area contributed by atoms with Crippen LogP contribution in [0.5, 0.6) is 0 Å². The van der Waals surface area contributed by atoms with E-state index in [0.717, 1.165) is 19.3 Å². The summed E-state index contributed by atoms with van der Waals surface area (Å²) in [7, 11) is 0. The van der Waals surface area contributed by atoms with Gasteiger partial charge in [-0.3, -0.25) is 9.59 Å². The fraction of sp³-hybridized carbons (Fsp3) is 0.875. The third-order valence-corrected chi connectivity index (χ3v) is 4.63. The quantitative estimate of drug-likeness (QED) is 0.862. The maximum Gasteiger partial charge on any atom is 0.308 e. The van der Waals surface area contributed by atoms with E-state index >= 15 is 0 Å². The first-order chi connectivity index (χ1) is 9.19. The number of fused-ring (bicyclic) bond motifs is 2. The second-order valence-corrected chi connectivity index (χ2v) is 7.85. The highest BCUT2D eigenvalue weighted by atomic mass is 16.4. The van der Waals surface area contributed by atoms with E-state index in [1.165, 1.54) is 0 Å². The van der Waals surface area contributed by atoms with Crippen LogP contribution in [0.2, 0.25) is 0 Å². The molecule has 0 aromatic rings. The third-order valence-electron chi connectivity index (χ3n) is 4.63. The van der Waals surface area contributed by atoms with E-state index in [4.69, 9.17) is 0 Å². The van der Waals surface area contributed by atoms with Gasteiger partial charge in [-0.05, 0) is 37.0 Å². The van der Waals surface area contributed by atoms with Crippen LogP contribution in [0, 0.1) is 17.3 Å². The Labute approximate surface area is 121 Å². The summed E-state index contributed by atoms with van der Waals surface area (Å²) in [6, 6.07) is 0.127. The van der Waals surface area contributed by atoms with Crippen molar-refractivity contribution in [2.24, 2.45) is 17.3 Å². The van der Waals surface area contributed by atoms with Gasteiger partial charge >= 0.3 is 5.97 Å². The van der Waals surface area contributed by atoms with Crippen molar-refractivity contribution in [3.05, 3.63) is 0 Å². The Bertz CT molecular complexity index is 399. The van der Waals surface area contributed by atoms with Gasteiger partial charge in [0.25, 0.3) is 0 Å². The Kier molecular flexibility index (Phi) is 4.12. The number of carboxylic acid groups (broad SMARTS) is 1. The predicted octanol–water partition coefficient (Wildman–Crippen LogP) is 2.91. The fourth-order valence-electron chi connectivity index (χ4n) is 4.16. The molecule has 4 heteroatoms. The van der Waals surface area contributed by atoms with Gasteiger partial charge in [0.2, 0.25) is 5.91 Å². The number of aliphatic carboxylic acids is 1. The lowest BCUT2D eigenvalue weighted by Gasteiger charge is -2.27. The molecule has 0 spiro atoms. The Hall–Kier alpha value is -1.06. The highest BCUT2D eigenvalue weighted by Gasteiger charge is 2.51. The molecule has 0 aromatic carbocycles. The summed E-state index contributed by atoms with van der Waals surface area (Å²) in [5.74, 6) is -0.558. The van der Waals surface area contributed by atoms with Gasteiger partial charge in [-0.15, -0.1) is 0 Å². The van der Waals surface area contributed by atoms with E-state index in [1.807, 2.05) is 4.90 Å². The van der Waals surface area contributed by atoms with Crippen LogP contribution >= 0.6 is 0 Å². The first-order valence-corrected chi connectivity index (χ1v) is 7.73. The average Bonchev–Trinajstić information content (AvgIpc) is 2.82. The van der Waals surface area contributed by atoms with E-state index in [-0.39, 0.29) is 29.3 Å². The monoisotopic (exact) mass is 281 g/mol. The van der Waals surface area contributed by atoms with Crippen LogP contribution in [0.1, 0.15) is 59.8 Å². The van der Waals surface area contributed by atoms with Crippen LogP contribution in [0.3, 0.4) is 0 Å². The molecule has 2 heterocycles. The average molecular weight is 281 g/mol. The smallest absolute Gasteiger partial charge is 0.308 e. The molecule has 0 radical (unpaired) electrons. The zero-order chi connectivity index (χ0) is 15.1. The molecular formula is C16H27NO3. The van der Waals surface area contributed by atoms with Crippen molar-refractivity contribution in [3.8, 4) is 0 Å². The molecule has 2 rings (SSSR count). The zero-order valence-electron chi connectivity index (χ0n) is 13.1. The molecule has 114 valence electrons. The lowest BCUT2D eigenvalue weighted by atomic mass is 9.84. The molecule has 4 nitrogen and oxygen atoms in total. The van der Waals surface area contributed by atoms with E-state index in [1.54, 1.807) is 0 Å². The number of amides is 1. The second-order valence-electron chi connectivity index (χ2n) is 7.85. The van der Waals surface area contributed by atoms with Crippen molar-refractivity contribution >= 4 is 11.9 Å². The van der Waals surface area contributed by atoms with Crippen LogP contribution in [0.15, 0.2) is 0 Å². The molecule has 2 fully saturated rings. The van der Waals surface area contributed by atoms with Gasteiger partial charge < -0.3 is 10.0 Å². The first kappa shape index (κ1) is 15.3. The summed E-state index contributed by atoms with van der Waals surface area (Å²) in [5.41, 5.74) is 0.229. The lowest BCUT2D eigenvalue weighted by molar-refractivity contribution is -0.143. The maximum absolute atomic E-state index is 12.5. The van der Waals surface area contributed by atoms with Crippen molar-refractivity contribution in [2.75, 3.05) is 0 Å². The summed E-state index contributed by atoms with van der Waals surface area (Å²) in [6.07, 6.45) is 4.06. The van der Waals surface area contributed by atoms with Crippen molar-refractivity contribution in [1.29, 1.82) is 0 Å². The van der Waals surface area contributed by atoms with Gasteiger partial charge in [-0.2, -0.15) is 0 Å². The van der Waals surface area contributed by atoms with Crippen molar-refractivity contribution < 1.29 is 14.7 Å². The summed E-state index contributed by atoms with van der Waals surface area (Å²) < 4.78 is 0. The van der Waals surface area contributed by atoms with E-state index in [9.17, 15) is 14.7 Å². The standard InChI is InChI=1S/C16H27NO3/c1-10(9-16(2,3)4)7-14(18)17-11-5-6-13(17)12(8-11)15(19)20/h10-13H,5-9H2,1-4H3,(H,19,20). The molecule has 0 aromatic heterocycles. The van der Waals surface area contributed by atoms with Gasteiger partial charge in [0.1, 0.15) is 0 Å². The number of rotatable bonds is 4. The molecule has 2 aliphatic heterocycles. The van der Waals surface area contributed by atoms with Crippen LogP contribution in [0.25, 0.3) is 0 Å². The Morgan fingerprint density at radius 2 is 1.95 bits per heavy atom. The first-order valence-electron chi connectivity index (χ1n) is 7.73. The third kappa shape index (κ3) is 3.15. The van der Waals surface area contributed by atoms with Gasteiger partial charge in [-0.1, -0.05) is 27.7 Å². The molecule has 20 heavy (non-hydrogen) atoms. The van der Waals surface area contributed by atoms with E-state index < -0.39 is 5.97 Å². The molecule has 2 saturated heterocycles. The summed E-state index contributed by atoms with van der Waals surface area (Å²) in [5, 5.41) is 9.23. The molecule has 0 saturated carbocycles. The molecule has 1 amide bonds. The predicted molar refractivity (Wildman–Crippen MR) is 77.3 cm³/mol. The molecule has 4 atom stereocenters.